The van der Waals surface area contributed by atoms with Crippen LogP contribution in [0.3, 0.4) is 0 Å². The fourth-order valence-electron chi connectivity index (χ4n) is 1.56. The van der Waals surface area contributed by atoms with E-state index < -0.39 is 0 Å². The maximum Gasteiger partial charge on any atom is 0.143 e. The van der Waals surface area contributed by atoms with Crippen LogP contribution in [-0.2, 0) is 6.42 Å². The molecule has 1 saturated carbocycles. The third-order valence-corrected chi connectivity index (χ3v) is 3.69. The van der Waals surface area contributed by atoms with E-state index in [1.54, 1.807) is 0 Å². The number of hydrogen-bond donors (Lipinski definition) is 1. The van der Waals surface area contributed by atoms with Gasteiger partial charge in [0.05, 0.1) is 9.26 Å². The lowest BCUT2D eigenvalue weighted by atomic mass is 10.3. The van der Waals surface area contributed by atoms with Gasteiger partial charge < -0.3 is 5.32 Å². The van der Waals surface area contributed by atoms with Gasteiger partial charge in [-0.25, -0.2) is 9.97 Å². The molecular weight excluding hydrogens is 301 g/mol. The first-order chi connectivity index (χ1) is 7.26. The molecule has 0 unspecified atom stereocenters. The van der Waals surface area contributed by atoms with Gasteiger partial charge in [-0.05, 0) is 48.8 Å². The number of aryl methyl sites for hydroxylation is 1. The van der Waals surface area contributed by atoms with Gasteiger partial charge in [0.15, 0.2) is 0 Å². The lowest BCUT2D eigenvalue weighted by molar-refractivity contribution is 0.868. The van der Waals surface area contributed by atoms with Crippen molar-refractivity contribution < 1.29 is 0 Å². The number of aromatic nitrogens is 2. The summed E-state index contributed by atoms with van der Waals surface area (Å²) >= 11 is 2.34. The van der Waals surface area contributed by atoms with Crippen molar-refractivity contribution >= 4 is 28.4 Å². The van der Waals surface area contributed by atoms with E-state index in [1.165, 1.54) is 22.1 Å². The molecule has 1 heterocycles. The highest BCUT2D eigenvalue weighted by Gasteiger charge is 2.28. The normalized spacial score (nSPS) is 15.4. The molecule has 2 rings (SSSR count). The SMILES string of the molecule is CCNc1nc(C2CC2)nc(CC)c1I. The molecule has 3 nitrogen and oxygen atoms in total. The predicted molar refractivity (Wildman–Crippen MR) is 70.3 cm³/mol. The molecule has 0 aliphatic heterocycles. The Bertz CT molecular complexity index is 361. The second-order valence-corrected chi connectivity index (χ2v) is 4.93. The summed E-state index contributed by atoms with van der Waals surface area (Å²) in [5.74, 6) is 2.69. The lowest BCUT2D eigenvalue weighted by Gasteiger charge is -2.10. The van der Waals surface area contributed by atoms with E-state index in [1.807, 2.05) is 0 Å². The molecule has 1 N–H and O–H groups in total. The molecule has 1 aromatic rings. The van der Waals surface area contributed by atoms with Crippen LogP contribution in [0.1, 0.15) is 44.1 Å². The monoisotopic (exact) mass is 317 g/mol. The topological polar surface area (TPSA) is 37.8 Å². The summed E-state index contributed by atoms with van der Waals surface area (Å²) in [6.07, 6.45) is 3.50. The van der Waals surface area contributed by atoms with E-state index in [0.717, 1.165) is 24.6 Å². The Kier molecular flexibility index (Phi) is 3.43. The third-order valence-electron chi connectivity index (χ3n) is 2.56. The highest BCUT2D eigenvalue weighted by molar-refractivity contribution is 14.1. The summed E-state index contributed by atoms with van der Waals surface area (Å²) in [4.78, 5) is 9.24. The molecule has 0 radical (unpaired) electrons. The molecular formula is C11H16IN3. The van der Waals surface area contributed by atoms with Crippen molar-refractivity contribution in [3.63, 3.8) is 0 Å². The standard InChI is InChI=1S/C11H16IN3/c1-3-8-9(12)11(13-4-2)15-10(14-8)7-5-6-7/h7H,3-6H2,1-2H3,(H,13,14,15). The van der Waals surface area contributed by atoms with Gasteiger partial charge in [-0.1, -0.05) is 6.92 Å². The highest BCUT2D eigenvalue weighted by Crippen LogP contribution is 2.39. The van der Waals surface area contributed by atoms with Crippen LogP contribution in [-0.4, -0.2) is 16.5 Å². The second kappa shape index (κ2) is 4.63. The van der Waals surface area contributed by atoms with Crippen LogP contribution in [0.5, 0.6) is 0 Å². The van der Waals surface area contributed by atoms with E-state index in [9.17, 15) is 0 Å². The van der Waals surface area contributed by atoms with Gasteiger partial charge in [0.1, 0.15) is 11.6 Å². The van der Waals surface area contributed by atoms with E-state index in [-0.39, 0.29) is 0 Å². The van der Waals surface area contributed by atoms with Crippen molar-refractivity contribution in [2.45, 2.75) is 39.0 Å². The van der Waals surface area contributed by atoms with Crippen molar-refractivity contribution in [1.82, 2.24) is 9.97 Å². The molecule has 15 heavy (non-hydrogen) atoms. The van der Waals surface area contributed by atoms with Crippen molar-refractivity contribution in [3.8, 4) is 0 Å². The molecule has 0 atom stereocenters. The van der Waals surface area contributed by atoms with E-state index in [0.29, 0.717) is 5.92 Å². The first-order valence-corrected chi connectivity index (χ1v) is 6.64. The Morgan fingerprint density at radius 1 is 1.33 bits per heavy atom. The Morgan fingerprint density at radius 3 is 2.60 bits per heavy atom. The van der Waals surface area contributed by atoms with E-state index in [4.69, 9.17) is 0 Å². The van der Waals surface area contributed by atoms with Crippen LogP contribution < -0.4 is 5.32 Å². The summed E-state index contributed by atoms with van der Waals surface area (Å²) < 4.78 is 1.18. The van der Waals surface area contributed by atoms with Gasteiger partial charge in [-0.15, -0.1) is 0 Å². The average molecular weight is 317 g/mol. The molecule has 82 valence electrons. The Labute approximate surface area is 104 Å². The third kappa shape index (κ3) is 2.41. The molecule has 4 heteroatoms. The van der Waals surface area contributed by atoms with Crippen molar-refractivity contribution in [2.75, 3.05) is 11.9 Å². The maximum absolute atomic E-state index is 4.64. The van der Waals surface area contributed by atoms with Crippen LogP contribution in [0.15, 0.2) is 0 Å². The Hall–Kier alpha value is -0.390. The minimum absolute atomic E-state index is 0.629. The summed E-state index contributed by atoms with van der Waals surface area (Å²) in [5.41, 5.74) is 1.18. The average Bonchev–Trinajstić information content (AvgIpc) is 3.05. The number of nitrogens with one attached hydrogen (secondary N) is 1. The van der Waals surface area contributed by atoms with Crippen LogP contribution in [0.4, 0.5) is 5.82 Å². The molecule has 0 amide bonds. The Balaban J connectivity index is 2.37. The summed E-state index contributed by atoms with van der Waals surface area (Å²) in [6.45, 7) is 5.16. The summed E-state index contributed by atoms with van der Waals surface area (Å²) in [5, 5.41) is 3.31. The molecule has 0 spiro atoms. The number of halogens is 1. The second-order valence-electron chi connectivity index (χ2n) is 3.85. The smallest absolute Gasteiger partial charge is 0.143 e. The highest BCUT2D eigenvalue weighted by atomic mass is 127. The zero-order valence-electron chi connectivity index (χ0n) is 9.18. The fourth-order valence-corrected chi connectivity index (χ4v) is 2.37. The zero-order valence-corrected chi connectivity index (χ0v) is 11.3. The number of anilines is 1. The van der Waals surface area contributed by atoms with E-state index in [2.05, 4.69) is 51.7 Å². The number of nitrogens with zero attached hydrogens (tertiary/aromatic N) is 2. The molecule has 0 aromatic carbocycles. The summed E-state index contributed by atoms with van der Waals surface area (Å²) in [7, 11) is 0. The van der Waals surface area contributed by atoms with Crippen molar-refractivity contribution in [2.24, 2.45) is 0 Å². The van der Waals surface area contributed by atoms with Gasteiger partial charge >= 0.3 is 0 Å². The lowest BCUT2D eigenvalue weighted by Crippen LogP contribution is -2.08. The first kappa shape index (κ1) is 11.1. The largest absolute Gasteiger partial charge is 0.369 e. The Morgan fingerprint density at radius 2 is 2.07 bits per heavy atom. The number of rotatable bonds is 4. The molecule has 1 aliphatic rings. The molecule has 0 saturated heterocycles. The summed E-state index contributed by atoms with van der Waals surface area (Å²) in [6, 6.07) is 0. The van der Waals surface area contributed by atoms with Crippen LogP contribution in [0.25, 0.3) is 0 Å². The van der Waals surface area contributed by atoms with Gasteiger partial charge in [0.2, 0.25) is 0 Å². The van der Waals surface area contributed by atoms with Crippen LogP contribution in [0, 0.1) is 3.57 Å². The van der Waals surface area contributed by atoms with Gasteiger partial charge in [-0.3, -0.25) is 0 Å². The quantitative estimate of drug-likeness (QED) is 0.868. The van der Waals surface area contributed by atoms with E-state index >= 15 is 0 Å². The maximum atomic E-state index is 4.64. The molecule has 1 aromatic heterocycles. The van der Waals surface area contributed by atoms with Crippen LogP contribution >= 0.6 is 22.6 Å². The minimum atomic E-state index is 0.629. The fraction of sp³-hybridized carbons (Fsp3) is 0.636. The molecule has 0 bridgehead atoms. The van der Waals surface area contributed by atoms with Gasteiger partial charge in [0.25, 0.3) is 0 Å². The molecule has 1 aliphatic carbocycles. The van der Waals surface area contributed by atoms with Crippen molar-refractivity contribution in [1.29, 1.82) is 0 Å². The molecule has 1 fully saturated rings. The zero-order chi connectivity index (χ0) is 10.8. The number of hydrogen-bond acceptors (Lipinski definition) is 3. The van der Waals surface area contributed by atoms with Gasteiger partial charge in [0, 0.05) is 12.5 Å². The van der Waals surface area contributed by atoms with Gasteiger partial charge in [-0.2, -0.15) is 0 Å². The predicted octanol–water partition coefficient (Wildman–Crippen LogP) is 2.95. The minimum Gasteiger partial charge on any atom is -0.369 e. The van der Waals surface area contributed by atoms with Crippen molar-refractivity contribution in [3.05, 3.63) is 15.1 Å². The first-order valence-electron chi connectivity index (χ1n) is 5.56. The van der Waals surface area contributed by atoms with Crippen LogP contribution in [0.2, 0.25) is 0 Å².